The van der Waals surface area contributed by atoms with Gasteiger partial charge >= 0.3 is 0 Å². The predicted octanol–water partition coefficient (Wildman–Crippen LogP) is 12.8. The number of nitrogens with one attached hydrogen (secondary N) is 3. The Hall–Kier alpha value is -4.85. The van der Waals surface area contributed by atoms with Crippen LogP contribution < -0.4 is 16.0 Å². The van der Waals surface area contributed by atoms with Gasteiger partial charge in [-0.1, -0.05) is 131 Å². The normalized spacial score (nSPS) is 12.6. The molecule has 1 aliphatic carbocycles. The van der Waals surface area contributed by atoms with Gasteiger partial charge in [0.2, 0.25) is 11.6 Å². The Morgan fingerprint density at radius 1 is 0.519 bits per heavy atom. The van der Waals surface area contributed by atoms with E-state index in [9.17, 15) is 19.8 Å². The van der Waals surface area contributed by atoms with E-state index >= 15 is 4.39 Å². The number of carbonyl (C=O) groups is 2. The van der Waals surface area contributed by atoms with Crippen molar-refractivity contribution in [2.24, 2.45) is 0 Å². The monoisotopic (exact) mass is 735 g/mol. The molecule has 0 spiro atoms. The molecule has 0 heterocycles. The van der Waals surface area contributed by atoms with Crippen LogP contribution in [0.15, 0.2) is 48.5 Å². The average Bonchev–Trinajstić information content (AvgIpc) is 3.12. The molecule has 288 valence electrons. The summed E-state index contributed by atoms with van der Waals surface area (Å²) in [5.74, 6) is -3.09. The maximum absolute atomic E-state index is 17.5. The fourth-order valence-corrected chi connectivity index (χ4v) is 7.63. The van der Waals surface area contributed by atoms with Gasteiger partial charge in [-0.2, -0.15) is 0 Å². The van der Waals surface area contributed by atoms with Crippen LogP contribution in [0.1, 0.15) is 179 Å². The zero-order valence-corrected chi connectivity index (χ0v) is 33.5. The molecule has 54 heavy (non-hydrogen) atoms. The summed E-state index contributed by atoms with van der Waals surface area (Å²) in [4.78, 5) is 29.2. The Bertz CT molecular complexity index is 1980. The third-order valence-corrected chi connectivity index (χ3v) is 10.6. The van der Waals surface area contributed by atoms with E-state index in [0.29, 0.717) is 12.2 Å². The Morgan fingerprint density at radius 2 is 0.926 bits per heavy atom. The number of fused-ring (bicyclic) bond motifs is 2. The van der Waals surface area contributed by atoms with Crippen molar-refractivity contribution >= 4 is 40.0 Å². The second-order valence-electron chi connectivity index (χ2n) is 15.9. The van der Waals surface area contributed by atoms with Crippen LogP contribution in [0.3, 0.4) is 0 Å². The van der Waals surface area contributed by atoms with Gasteiger partial charge in [-0.25, -0.2) is 4.39 Å². The fourth-order valence-electron chi connectivity index (χ4n) is 7.63. The quantitative estimate of drug-likeness (QED) is 0.0507. The molecule has 8 heteroatoms. The molecule has 0 bridgehead atoms. The van der Waals surface area contributed by atoms with Crippen molar-refractivity contribution in [3.8, 4) is 11.5 Å². The molecular weight excluding hydrogens is 678 g/mol. The highest BCUT2D eigenvalue weighted by atomic mass is 19.1. The molecule has 0 aliphatic heterocycles. The van der Waals surface area contributed by atoms with Gasteiger partial charge in [-0.05, 0) is 64.5 Å². The predicted molar refractivity (Wildman–Crippen MR) is 221 cm³/mol. The Kier molecular flexibility index (Phi) is 12.8. The molecule has 4 aromatic carbocycles. The van der Waals surface area contributed by atoms with Crippen LogP contribution in [-0.2, 0) is 0 Å². The first-order valence-electron chi connectivity index (χ1n) is 19.8. The molecule has 0 radical (unpaired) electrons. The highest BCUT2D eigenvalue weighted by molar-refractivity contribution is 6.33. The molecule has 1 aliphatic rings. The number of hydrogen-bond acceptors (Lipinski definition) is 7. The fraction of sp³-hybridized carbons (Fsp3) is 0.435. The summed E-state index contributed by atoms with van der Waals surface area (Å²) in [6.07, 6.45) is 6.24. The Balaban J connectivity index is 1.88. The number of rotatable bonds is 16. The molecule has 4 aromatic rings. The van der Waals surface area contributed by atoms with Crippen LogP contribution in [-0.4, -0.2) is 28.3 Å². The Morgan fingerprint density at radius 3 is 1.37 bits per heavy atom. The molecular formula is C46H58FN3O4. The summed E-state index contributed by atoms with van der Waals surface area (Å²) in [6.45, 7) is 19.4. The minimum Gasteiger partial charge on any atom is -0.507 e. The van der Waals surface area contributed by atoms with Crippen molar-refractivity contribution < 1.29 is 24.2 Å². The number of aromatic hydroxyl groups is 2. The minimum atomic E-state index is -0.884. The van der Waals surface area contributed by atoms with Crippen molar-refractivity contribution in [2.75, 3.05) is 22.5 Å². The maximum Gasteiger partial charge on any atom is 0.201 e. The molecule has 0 saturated carbocycles. The van der Waals surface area contributed by atoms with Crippen LogP contribution in [0.2, 0.25) is 0 Å². The highest BCUT2D eigenvalue weighted by Gasteiger charge is 2.41. The summed E-state index contributed by atoms with van der Waals surface area (Å²) in [5, 5.41) is 32.6. The topological polar surface area (TPSA) is 111 Å². The van der Waals surface area contributed by atoms with Gasteiger partial charge < -0.3 is 26.2 Å². The first kappa shape index (κ1) is 40.3. The van der Waals surface area contributed by atoms with Crippen molar-refractivity contribution in [1.82, 2.24) is 0 Å². The van der Waals surface area contributed by atoms with Crippen molar-refractivity contribution in [1.29, 1.82) is 0 Å². The zero-order chi connectivity index (χ0) is 39.4. The Labute approximate surface area is 320 Å². The third-order valence-electron chi connectivity index (χ3n) is 10.6. The van der Waals surface area contributed by atoms with Gasteiger partial charge in [0.25, 0.3) is 0 Å². The number of ketones is 2. The lowest BCUT2D eigenvalue weighted by atomic mass is 9.80. The van der Waals surface area contributed by atoms with Gasteiger partial charge in [0.1, 0.15) is 11.5 Å². The minimum absolute atomic E-state index is 0.0652. The standard InChI is InChI=1S/C46H58FN3O4/c1-10-11-12-13-14-15-24-48-43-39(47)37-38(46(54)36-34(52)23-22-33(51)35(36)45(37)53)42(49-40-29(25(2)3)18-16-19-30(40)26(4)5)44(43)50-41-31(27(6)7)20-17-21-32(41)28(8)9/h16-23,25-28,48-52H,10-15,24H2,1-9H3. The van der Waals surface area contributed by atoms with Gasteiger partial charge in [-0.15, -0.1) is 0 Å². The summed E-state index contributed by atoms with van der Waals surface area (Å²) < 4.78 is 17.5. The molecule has 0 fully saturated rings. The van der Waals surface area contributed by atoms with E-state index < -0.39 is 40.0 Å². The number of anilines is 5. The lowest BCUT2D eigenvalue weighted by molar-refractivity contribution is 0.0971. The van der Waals surface area contributed by atoms with Gasteiger partial charge in [0.05, 0.1) is 39.3 Å². The molecule has 0 saturated heterocycles. The van der Waals surface area contributed by atoms with Crippen LogP contribution >= 0.6 is 0 Å². The summed E-state index contributed by atoms with van der Waals surface area (Å²) in [5.41, 5.74) is 4.81. The first-order valence-corrected chi connectivity index (χ1v) is 19.8. The SMILES string of the molecule is CCCCCCCCNc1c(F)c2c(c(Nc3c(C(C)C)cccc3C(C)C)c1Nc1c(C(C)C)cccc1C(C)C)C(=O)c1c(O)ccc(O)c1C2=O. The van der Waals surface area contributed by atoms with Crippen molar-refractivity contribution in [3.05, 3.63) is 98.9 Å². The van der Waals surface area contributed by atoms with Crippen LogP contribution in [0.5, 0.6) is 11.5 Å². The van der Waals surface area contributed by atoms with Crippen LogP contribution in [0.25, 0.3) is 0 Å². The van der Waals surface area contributed by atoms with Crippen LogP contribution in [0, 0.1) is 5.82 Å². The average molecular weight is 736 g/mol. The van der Waals surface area contributed by atoms with E-state index in [1.807, 2.05) is 24.3 Å². The molecule has 0 atom stereocenters. The van der Waals surface area contributed by atoms with Gasteiger partial charge in [0, 0.05) is 17.9 Å². The second kappa shape index (κ2) is 17.1. The molecule has 0 amide bonds. The number of carbonyl (C=O) groups excluding carboxylic acids is 2. The van der Waals surface area contributed by atoms with E-state index in [0.717, 1.165) is 71.8 Å². The van der Waals surface area contributed by atoms with Crippen molar-refractivity contribution in [2.45, 2.75) is 125 Å². The molecule has 7 nitrogen and oxygen atoms in total. The zero-order valence-electron chi connectivity index (χ0n) is 33.5. The number of halogens is 1. The molecule has 0 unspecified atom stereocenters. The van der Waals surface area contributed by atoms with Gasteiger partial charge in [-0.3, -0.25) is 9.59 Å². The summed E-state index contributed by atoms with van der Waals surface area (Å²) in [7, 11) is 0. The van der Waals surface area contributed by atoms with E-state index in [4.69, 9.17) is 0 Å². The number of phenolic OH excluding ortho intramolecular Hbond substituents is 2. The van der Waals surface area contributed by atoms with Crippen LogP contribution in [0.4, 0.5) is 32.8 Å². The highest BCUT2D eigenvalue weighted by Crippen LogP contribution is 2.50. The first-order chi connectivity index (χ1) is 25.7. The number of phenols is 2. The van der Waals surface area contributed by atoms with E-state index in [1.165, 1.54) is 12.5 Å². The maximum atomic E-state index is 17.5. The molecule has 5 rings (SSSR count). The van der Waals surface area contributed by atoms with Crippen molar-refractivity contribution in [3.63, 3.8) is 0 Å². The number of hydrogen-bond donors (Lipinski definition) is 5. The van der Waals surface area contributed by atoms with Gasteiger partial charge in [0.15, 0.2) is 5.82 Å². The van der Waals surface area contributed by atoms with E-state index in [1.54, 1.807) is 0 Å². The third kappa shape index (κ3) is 7.84. The smallest absolute Gasteiger partial charge is 0.201 e. The number of unbranched alkanes of at least 4 members (excludes halogenated alkanes) is 5. The summed E-state index contributed by atoms with van der Waals surface area (Å²) in [6, 6.07) is 14.6. The number of para-hydroxylation sites is 2. The number of benzene rings is 4. The molecule has 5 N–H and O–H groups in total. The second-order valence-corrected chi connectivity index (χ2v) is 15.9. The van der Waals surface area contributed by atoms with E-state index in [-0.39, 0.29) is 46.2 Å². The van der Waals surface area contributed by atoms with E-state index in [2.05, 4.69) is 90.4 Å². The summed E-state index contributed by atoms with van der Waals surface area (Å²) >= 11 is 0. The lowest BCUT2D eigenvalue weighted by Gasteiger charge is -2.31. The molecule has 0 aromatic heterocycles. The largest absolute Gasteiger partial charge is 0.507 e. The lowest BCUT2D eigenvalue weighted by Crippen LogP contribution is -2.26.